The number of hydrogen-bond acceptors (Lipinski definition) is 4. The van der Waals surface area contributed by atoms with Crippen LogP contribution < -0.4 is 10.2 Å². The Balaban J connectivity index is 1.57. The zero-order valence-electron chi connectivity index (χ0n) is 20.2. The van der Waals surface area contributed by atoms with Gasteiger partial charge in [-0.3, -0.25) is 14.5 Å². The summed E-state index contributed by atoms with van der Waals surface area (Å²) >= 11 is 0. The maximum absolute atomic E-state index is 15.1. The van der Waals surface area contributed by atoms with Gasteiger partial charge in [0, 0.05) is 17.8 Å². The summed E-state index contributed by atoms with van der Waals surface area (Å²) < 4.78 is 30.9. The molecular weight excluding hydrogens is 488 g/mol. The average Bonchev–Trinajstić information content (AvgIpc) is 3.34. The van der Waals surface area contributed by atoms with E-state index in [0.717, 1.165) is 16.5 Å². The van der Waals surface area contributed by atoms with Gasteiger partial charge in [0.05, 0.1) is 5.52 Å². The van der Waals surface area contributed by atoms with E-state index in [-0.39, 0.29) is 24.3 Å². The van der Waals surface area contributed by atoms with Gasteiger partial charge in [-0.05, 0) is 42.0 Å². The highest BCUT2D eigenvalue weighted by Crippen LogP contribution is 2.31. The molecule has 1 aromatic heterocycles. The second-order valence-electron chi connectivity index (χ2n) is 8.61. The van der Waals surface area contributed by atoms with E-state index in [1.54, 1.807) is 30.3 Å². The Kier molecular flexibility index (Phi) is 7.17. The van der Waals surface area contributed by atoms with E-state index in [2.05, 4.69) is 15.6 Å². The first kappa shape index (κ1) is 24.8. The number of rotatable bonds is 8. The maximum atomic E-state index is 15.1. The molecule has 190 valence electrons. The Labute approximate surface area is 217 Å². The summed E-state index contributed by atoms with van der Waals surface area (Å²) in [4.78, 5) is 28.7. The number of amides is 2. The lowest BCUT2D eigenvalue weighted by Gasteiger charge is -2.31. The number of anilines is 1. The van der Waals surface area contributed by atoms with E-state index < -0.39 is 29.5 Å². The topological polar surface area (TPSA) is 80.1 Å². The SMILES string of the molecule is O=C(NCc1ccccc1)[C@H](c1ccccc1F)N(C(=O)Cn1nnc2ccccc21)c1cccc(F)c1. The molecule has 5 aromatic rings. The maximum Gasteiger partial charge on any atom is 0.249 e. The van der Waals surface area contributed by atoms with Crippen LogP contribution >= 0.6 is 0 Å². The molecule has 38 heavy (non-hydrogen) atoms. The minimum absolute atomic E-state index is 0.0286. The Morgan fingerprint density at radius 2 is 1.61 bits per heavy atom. The van der Waals surface area contributed by atoms with Gasteiger partial charge in [-0.15, -0.1) is 5.10 Å². The molecule has 7 nitrogen and oxygen atoms in total. The molecule has 0 spiro atoms. The van der Waals surface area contributed by atoms with Crippen molar-refractivity contribution in [2.75, 3.05) is 4.90 Å². The van der Waals surface area contributed by atoms with Crippen LogP contribution in [0.25, 0.3) is 11.0 Å². The van der Waals surface area contributed by atoms with Gasteiger partial charge in [0.2, 0.25) is 11.8 Å². The summed E-state index contributed by atoms with van der Waals surface area (Å²) in [5.41, 5.74) is 2.09. The van der Waals surface area contributed by atoms with Crippen molar-refractivity contribution >= 4 is 28.5 Å². The van der Waals surface area contributed by atoms with Crippen LogP contribution in [-0.2, 0) is 22.7 Å². The summed E-state index contributed by atoms with van der Waals surface area (Å²) in [6, 6.07) is 25.9. The first-order valence-corrected chi connectivity index (χ1v) is 11.9. The fourth-order valence-corrected chi connectivity index (χ4v) is 4.28. The van der Waals surface area contributed by atoms with Crippen LogP contribution in [-0.4, -0.2) is 26.8 Å². The smallest absolute Gasteiger partial charge is 0.249 e. The van der Waals surface area contributed by atoms with Crippen molar-refractivity contribution in [1.82, 2.24) is 20.3 Å². The van der Waals surface area contributed by atoms with Crippen LogP contribution in [0.5, 0.6) is 0 Å². The Morgan fingerprint density at radius 3 is 2.39 bits per heavy atom. The molecule has 1 atom stereocenters. The molecule has 0 aliphatic carbocycles. The van der Waals surface area contributed by atoms with Gasteiger partial charge in [-0.1, -0.05) is 71.9 Å². The summed E-state index contributed by atoms with van der Waals surface area (Å²) in [5, 5.41) is 11.0. The van der Waals surface area contributed by atoms with Gasteiger partial charge < -0.3 is 5.32 Å². The largest absolute Gasteiger partial charge is 0.350 e. The third kappa shape index (κ3) is 5.27. The molecule has 0 aliphatic rings. The van der Waals surface area contributed by atoms with Crippen molar-refractivity contribution in [2.24, 2.45) is 0 Å². The van der Waals surface area contributed by atoms with Crippen LogP contribution in [0, 0.1) is 11.6 Å². The predicted molar refractivity (Wildman–Crippen MR) is 139 cm³/mol. The number of carbonyl (C=O) groups excluding carboxylic acids is 2. The fraction of sp³-hybridized carbons (Fsp3) is 0.103. The third-order valence-corrected chi connectivity index (χ3v) is 6.08. The van der Waals surface area contributed by atoms with Gasteiger partial charge in [0.1, 0.15) is 29.7 Å². The molecule has 0 fully saturated rings. The summed E-state index contributed by atoms with van der Waals surface area (Å²) in [6.07, 6.45) is 0. The van der Waals surface area contributed by atoms with E-state index >= 15 is 4.39 Å². The number of benzene rings is 4. The number of nitrogens with zero attached hydrogens (tertiary/aromatic N) is 4. The van der Waals surface area contributed by atoms with Crippen molar-refractivity contribution in [3.05, 3.63) is 126 Å². The first-order valence-electron chi connectivity index (χ1n) is 11.9. The third-order valence-electron chi connectivity index (χ3n) is 6.08. The van der Waals surface area contributed by atoms with E-state index in [1.165, 1.54) is 41.1 Å². The van der Waals surface area contributed by atoms with Crippen molar-refractivity contribution in [1.29, 1.82) is 0 Å². The molecule has 0 saturated carbocycles. The lowest BCUT2D eigenvalue weighted by molar-refractivity contribution is -0.127. The molecule has 0 saturated heterocycles. The van der Waals surface area contributed by atoms with Gasteiger partial charge in [-0.25, -0.2) is 13.5 Å². The van der Waals surface area contributed by atoms with Crippen molar-refractivity contribution in [3.63, 3.8) is 0 Å². The predicted octanol–water partition coefficient (Wildman–Crippen LogP) is 4.80. The molecule has 4 aromatic carbocycles. The van der Waals surface area contributed by atoms with E-state index in [9.17, 15) is 14.0 Å². The monoisotopic (exact) mass is 511 g/mol. The molecule has 0 unspecified atom stereocenters. The highest BCUT2D eigenvalue weighted by molar-refractivity contribution is 6.01. The summed E-state index contributed by atoms with van der Waals surface area (Å²) in [7, 11) is 0. The van der Waals surface area contributed by atoms with Crippen LogP contribution in [0.2, 0.25) is 0 Å². The molecule has 1 N–H and O–H groups in total. The van der Waals surface area contributed by atoms with E-state index in [4.69, 9.17) is 0 Å². The summed E-state index contributed by atoms with van der Waals surface area (Å²) in [6.45, 7) is -0.155. The lowest BCUT2D eigenvalue weighted by Crippen LogP contribution is -2.45. The quantitative estimate of drug-likeness (QED) is 0.325. The number of nitrogens with one attached hydrogen (secondary N) is 1. The lowest BCUT2D eigenvalue weighted by atomic mass is 10.0. The number of hydrogen-bond donors (Lipinski definition) is 1. The van der Waals surface area contributed by atoms with Gasteiger partial charge >= 0.3 is 0 Å². The Hall–Kier alpha value is -4.92. The normalized spacial score (nSPS) is 11.7. The molecule has 2 amide bonds. The second kappa shape index (κ2) is 11.0. The molecule has 5 rings (SSSR count). The number of fused-ring (bicyclic) bond motifs is 1. The standard InChI is InChI=1S/C29H23F2N5O2/c30-21-11-8-12-22(17-21)36(27(37)19-35-26-16-7-6-15-25(26)33-34-35)28(23-13-4-5-14-24(23)31)29(38)32-18-20-9-2-1-3-10-20/h1-17,28H,18-19H2,(H,32,38)/t28-/m0/s1. The molecule has 9 heteroatoms. The summed E-state index contributed by atoms with van der Waals surface area (Å²) in [5.74, 6) is -2.51. The van der Waals surface area contributed by atoms with Gasteiger partial charge in [0.25, 0.3) is 0 Å². The number of carbonyl (C=O) groups is 2. The van der Waals surface area contributed by atoms with Gasteiger partial charge in [-0.2, -0.15) is 0 Å². The molecule has 0 aliphatic heterocycles. The number of para-hydroxylation sites is 1. The zero-order valence-corrected chi connectivity index (χ0v) is 20.2. The second-order valence-corrected chi connectivity index (χ2v) is 8.61. The highest BCUT2D eigenvalue weighted by atomic mass is 19.1. The fourth-order valence-electron chi connectivity index (χ4n) is 4.28. The minimum atomic E-state index is -1.43. The Bertz CT molecular complexity index is 1590. The van der Waals surface area contributed by atoms with Crippen LogP contribution in [0.15, 0.2) is 103 Å². The number of aromatic nitrogens is 3. The van der Waals surface area contributed by atoms with Gasteiger partial charge in [0.15, 0.2) is 0 Å². The highest BCUT2D eigenvalue weighted by Gasteiger charge is 2.35. The zero-order chi connectivity index (χ0) is 26.5. The molecule has 1 heterocycles. The number of halogens is 2. The average molecular weight is 512 g/mol. The van der Waals surface area contributed by atoms with E-state index in [1.807, 2.05) is 30.3 Å². The molecular formula is C29H23F2N5O2. The van der Waals surface area contributed by atoms with Crippen molar-refractivity contribution in [3.8, 4) is 0 Å². The first-order chi connectivity index (χ1) is 18.5. The van der Waals surface area contributed by atoms with Crippen LogP contribution in [0.3, 0.4) is 0 Å². The Morgan fingerprint density at radius 1 is 0.868 bits per heavy atom. The van der Waals surface area contributed by atoms with Crippen LogP contribution in [0.4, 0.5) is 14.5 Å². The van der Waals surface area contributed by atoms with Crippen LogP contribution in [0.1, 0.15) is 17.2 Å². The van der Waals surface area contributed by atoms with Crippen molar-refractivity contribution < 1.29 is 18.4 Å². The minimum Gasteiger partial charge on any atom is -0.350 e. The van der Waals surface area contributed by atoms with Crippen molar-refractivity contribution in [2.45, 2.75) is 19.1 Å². The molecule has 0 radical (unpaired) electrons. The molecule has 0 bridgehead atoms. The van der Waals surface area contributed by atoms with E-state index in [0.29, 0.717) is 11.0 Å².